The Morgan fingerprint density at radius 1 is 1.13 bits per heavy atom. The van der Waals surface area contributed by atoms with Gasteiger partial charge in [0.2, 0.25) is 5.91 Å². The highest BCUT2D eigenvalue weighted by molar-refractivity contribution is 5.91. The summed E-state index contributed by atoms with van der Waals surface area (Å²) in [5.41, 5.74) is 4.34. The van der Waals surface area contributed by atoms with Crippen LogP contribution in [-0.2, 0) is 11.3 Å². The van der Waals surface area contributed by atoms with Gasteiger partial charge in [0.1, 0.15) is 0 Å². The van der Waals surface area contributed by atoms with Crippen LogP contribution in [0.4, 0.5) is 11.4 Å². The smallest absolute Gasteiger partial charge is 0.266 e. The van der Waals surface area contributed by atoms with Crippen LogP contribution < -0.4 is 15.8 Å². The normalized spacial score (nSPS) is 10.7. The standard InChI is InChI=1S/C24H29N5O2/c1-4-28(5-2)20-10-11-21(18(3)16-20)26-23(30)9-7-15-29-24(31)13-12-22(27-29)19-8-6-14-25-17-19/h6,8,10-14,16-17H,4-5,7,9,15H2,1-3H3,(H,26,30). The van der Waals surface area contributed by atoms with Crippen molar-refractivity contribution in [1.29, 1.82) is 0 Å². The van der Waals surface area contributed by atoms with E-state index in [1.807, 2.05) is 31.2 Å². The van der Waals surface area contributed by atoms with E-state index in [2.05, 4.69) is 40.2 Å². The molecule has 0 unspecified atom stereocenters. The fourth-order valence-electron chi connectivity index (χ4n) is 3.45. The number of benzene rings is 1. The van der Waals surface area contributed by atoms with Crippen molar-refractivity contribution in [3.8, 4) is 11.3 Å². The number of nitrogens with one attached hydrogen (secondary N) is 1. The average molecular weight is 420 g/mol. The molecule has 1 amide bonds. The molecular weight excluding hydrogens is 390 g/mol. The second kappa shape index (κ2) is 10.5. The van der Waals surface area contributed by atoms with Gasteiger partial charge in [-0.05, 0) is 69.2 Å². The lowest BCUT2D eigenvalue weighted by molar-refractivity contribution is -0.116. The molecule has 0 atom stereocenters. The van der Waals surface area contributed by atoms with Crippen LogP contribution in [0.2, 0.25) is 0 Å². The molecule has 2 aromatic heterocycles. The molecular formula is C24H29N5O2. The molecule has 7 nitrogen and oxygen atoms in total. The number of rotatable bonds is 9. The van der Waals surface area contributed by atoms with Crippen molar-refractivity contribution in [2.45, 2.75) is 40.2 Å². The molecule has 0 spiro atoms. The zero-order valence-electron chi connectivity index (χ0n) is 18.3. The summed E-state index contributed by atoms with van der Waals surface area (Å²) in [6, 6.07) is 13.0. The lowest BCUT2D eigenvalue weighted by atomic mass is 10.1. The van der Waals surface area contributed by atoms with Gasteiger partial charge in [0, 0.05) is 61.5 Å². The Bertz CT molecular complexity index is 1070. The molecule has 0 saturated heterocycles. The Kier molecular flexibility index (Phi) is 7.54. The van der Waals surface area contributed by atoms with E-state index in [0.29, 0.717) is 25.1 Å². The van der Waals surface area contributed by atoms with Gasteiger partial charge in [0.15, 0.2) is 0 Å². The summed E-state index contributed by atoms with van der Waals surface area (Å²) in [4.78, 5) is 30.9. The van der Waals surface area contributed by atoms with Gasteiger partial charge in [-0.25, -0.2) is 4.68 Å². The molecule has 0 bridgehead atoms. The van der Waals surface area contributed by atoms with E-state index in [1.165, 1.54) is 10.7 Å². The van der Waals surface area contributed by atoms with Crippen LogP contribution in [0.15, 0.2) is 59.7 Å². The van der Waals surface area contributed by atoms with E-state index >= 15 is 0 Å². The molecule has 0 aliphatic heterocycles. The second-order valence-electron chi connectivity index (χ2n) is 7.34. The van der Waals surface area contributed by atoms with Crippen LogP contribution in [0.25, 0.3) is 11.3 Å². The van der Waals surface area contributed by atoms with Crippen LogP contribution in [-0.4, -0.2) is 33.8 Å². The second-order valence-corrected chi connectivity index (χ2v) is 7.34. The maximum absolute atomic E-state index is 12.4. The van der Waals surface area contributed by atoms with Gasteiger partial charge in [0.05, 0.1) is 5.69 Å². The minimum absolute atomic E-state index is 0.0739. The molecule has 1 aromatic carbocycles. The molecule has 3 aromatic rings. The molecule has 2 heterocycles. The Labute approximate surface area is 182 Å². The first-order valence-electron chi connectivity index (χ1n) is 10.7. The summed E-state index contributed by atoms with van der Waals surface area (Å²) < 4.78 is 1.40. The summed E-state index contributed by atoms with van der Waals surface area (Å²) in [5.74, 6) is -0.0739. The molecule has 0 saturated carbocycles. The third kappa shape index (κ3) is 5.78. The summed E-state index contributed by atoms with van der Waals surface area (Å²) in [6.07, 6.45) is 4.23. The van der Waals surface area contributed by atoms with Crippen molar-refractivity contribution in [2.24, 2.45) is 0 Å². The number of nitrogens with zero attached hydrogens (tertiary/aromatic N) is 4. The number of anilines is 2. The van der Waals surface area contributed by atoms with Gasteiger partial charge in [-0.3, -0.25) is 14.6 Å². The number of amides is 1. The highest BCUT2D eigenvalue weighted by Crippen LogP contribution is 2.23. The highest BCUT2D eigenvalue weighted by Gasteiger charge is 2.09. The van der Waals surface area contributed by atoms with Gasteiger partial charge in [0.25, 0.3) is 5.56 Å². The first kappa shape index (κ1) is 22.2. The molecule has 3 rings (SSSR count). The predicted molar refractivity (Wildman–Crippen MR) is 124 cm³/mol. The number of aryl methyl sites for hydroxylation is 2. The van der Waals surface area contributed by atoms with E-state index in [9.17, 15) is 9.59 Å². The van der Waals surface area contributed by atoms with E-state index in [-0.39, 0.29) is 11.5 Å². The molecule has 31 heavy (non-hydrogen) atoms. The van der Waals surface area contributed by atoms with E-state index < -0.39 is 0 Å². The quantitative estimate of drug-likeness (QED) is 0.569. The summed E-state index contributed by atoms with van der Waals surface area (Å²) in [7, 11) is 0. The Morgan fingerprint density at radius 3 is 2.61 bits per heavy atom. The zero-order chi connectivity index (χ0) is 22.2. The van der Waals surface area contributed by atoms with E-state index in [0.717, 1.165) is 35.6 Å². The lowest BCUT2D eigenvalue weighted by Crippen LogP contribution is -2.23. The maximum Gasteiger partial charge on any atom is 0.266 e. The van der Waals surface area contributed by atoms with Crippen LogP contribution in [0.3, 0.4) is 0 Å². The van der Waals surface area contributed by atoms with Crippen molar-refractivity contribution in [1.82, 2.24) is 14.8 Å². The monoisotopic (exact) mass is 419 g/mol. The molecule has 0 aliphatic rings. The van der Waals surface area contributed by atoms with Crippen LogP contribution in [0.1, 0.15) is 32.3 Å². The summed E-state index contributed by atoms with van der Waals surface area (Å²) >= 11 is 0. The highest BCUT2D eigenvalue weighted by atomic mass is 16.1. The number of carbonyl (C=O) groups is 1. The topological polar surface area (TPSA) is 80.1 Å². The Balaban J connectivity index is 1.58. The van der Waals surface area contributed by atoms with E-state index in [4.69, 9.17) is 0 Å². The maximum atomic E-state index is 12.4. The number of hydrogen-bond donors (Lipinski definition) is 1. The summed E-state index contributed by atoms with van der Waals surface area (Å²) in [5, 5.41) is 7.38. The van der Waals surface area contributed by atoms with Crippen LogP contribution >= 0.6 is 0 Å². The number of aromatic nitrogens is 3. The van der Waals surface area contributed by atoms with Gasteiger partial charge < -0.3 is 10.2 Å². The molecule has 0 fully saturated rings. The SMILES string of the molecule is CCN(CC)c1ccc(NC(=O)CCCn2nc(-c3cccnc3)ccc2=O)c(C)c1. The number of pyridine rings is 1. The zero-order valence-corrected chi connectivity index (χ0v) is 18.3. The molecule has 0 aliphatic carbocycles. The number of carbonyl (C=O) groups excluding carboxylic acids is 1. The Morgan fingerprint density at radius 2 is 1.94 bits per heavy atom. The molecule has 0 radical (unpaired) electrons. The van der Waals surface area contributed by atoms with Crippen molar-refractivity contribution in [3.05, 3.63) is 70.8 Å². The molecule has 1 N–H and O–H groups in total. The Hall–Kier alpha value is -3.48. The summed E-state index contributed by atoms with van der Waals surface area (Å²) in [6.45, 7) is 8.51. The minimum Gasteiger partial charge on any atom is -0.372 e. The van der Waals surface area contributed by atoms with Crippen LogP contribution in [0.5, 0.6) is 0 Å². The first-order chi connectivity index (χ1) is 15.0. The largest absolute Gasteiger partial charge is 0.372 e. The van der Waals surface area contributed by atoms with Crippen molar-refractivity contribution >= 4 is 17.3 Å². The fourth-order valence-corrected chi connectivity index (χ4v) is 3.45. The molecule has 162 valence electrons. The van der Waals surface area contributed by atoms with Gasteiger partial charge >= 0.3 is 0 Å². The van der Waals surface area contributed by atoms with Gasteiger partial charge in [-0.15, -0.1) is 0 Å². The van der Waals surface area contributed by atoms with Crippen molar-refractivity contribution in [3.63, 3.8) is 0 Å². The number of hydrogen-bond acceptors (Lipinski definition) is 5. The predicted octanol–water partition coefficient (Wildman–Crippen LogP) is 3.88. The molecule has 7 heteroatoms. The third-order valence-electron chi connectivity index (χ3n) is 5.21. The average Bonchev–Trinajstić information content (AvgIpc) is 2.78. The van der Waals surface area contributed by atoms with Gasteiger partial charge in [-0.2, -0.15) is 5.10 Å². The first-order valence-corrected chi connectivity index (χ1v) is 10.7. The van der Waals surface area contributed by atoms with Crippen molar-refractivity contribution in [2.75, 3.05) is 23.3 Å². The third-order valence-corrected chi connectivity index (χ3v) is 5.21. The minimum atomic E-state index is -0.184. The van der Waals surface area contributed by atoms with Crippen molar-refractivity contribution < 1.29 is 4.79 Å². The fraction of sp³-hybridized carbons (Fsp3) is 0.333. The van der Waals surface area contributed by atoms with E-state index in [1.54, 1.807) is 18.5 Å². The van der Waals surface area contributed by atoms with Gasteiger partial charge in [-0.1, -0.05) is 0 Å². The lowest BCUT2D eigenvalue weighted by Gasteiger charge is -2.22. The van der Waals surface area contributed by atoms with Crippen LogP contribution in [0, 0.1) is 6.92 Å².